The lowest BCUT2D eigenvalue weighted by molar-refractivity contribution is -0.139. The average Bonchev–Trinajstić information content (AvgIpc) is 3.05. The van der Waals surface area contributed by atoms with Gasteiger partial charge in [0.1, 0.15) is 0 Å². The van der Waals surface area contributed by atoms with Gasteiger partial charge in [0.25, 0.3) is 0 Å². The highest BCUT2D eigenvalue weighted by Gasteiger charge is 2.23. The van der Waals surface area contributed by atoms with Crippen LogP contribution in [0.15, 0.2) is 15.9 Å². The van der Waals surface area contributed by atoms with E-state index in [9.17, 15) is 9.59 Å². The molecule has 2 rings (SSSR count). The van der Waals surface area contributed by atoms with E-state index in [1.165, 1.54) is 30.2 Å². The molecule has 0 fully saturated rings. The minimum Gasteiger partial charge on any atom is -0.469 e. The van der Waals surface area contributed by atoms with Gasteiger partial charge in [-0.05, 0) is 22.0 Å². The summed E-state index contributed by atoms with van der Waals surface area (Å²) in [5.74, 6) is -1.11. The number of ether oxygens (including phenoxy) is 2. The van der Waals surface area contributed by atoms with Crippen LogP contribution < -0.4 is 0 Å². The van der Waals surface area contributed by atoms with Gasteiger partial charge in [0.2, 0.25) is 0 Å². The standard InChI is InChI=1S/C12H12BrN3O4S/c1-19-10(17)4-9-11(12(18)20-2)14-15-16(9)5-8-3-7(13)6-21-8/h3,6H,4-5H2,1-2H3. The fourth-order valence-electron chi connectivity index (χ4n) is 1.68. The van der Waals surface area contributed by atoms with Gasteiger partial charge in [0.15, 0.2) is 5.69 Å². The van der Waals surface area contributed by atoms with Crippen molar-refractivity contribution in [3.8, 4) is 0 Å². The first-order valence-electron chi connectivity index (χ1n) is 5.85. The van der Waals surface area contributed by atoms with Gasteiger partial charge >= 0.3 is 11.9 Å². The van der Waals surface area contributed by atoms with E-state index in [4.69, 9.17) is 0 Å². The van der Waals surface area contributed by atoms with Crippen LogP contribution in [0, 0.1) is 0 Å². The van der Waals surface area contributed by atoms with Crippen molar-refractivity contribution < 1.29 is 19.1 Å². The third kappa shape index (κ3) is 3.67. The monoisotopic (exact) mass is 373 g/mol. The van der Waals surface area contributed by atoms with Crippen LogP contribution in [-0.2, 0) is 27.2 Å². The highest BCUT2D eigenvalue weighted by atomic mass is 79.9. The fourth-order valence-corrected chi connectivity index (χ4v) is 3.12. The summed E-state index contributed by atoms with van der Waals surface area (Å²) < 4.78 is 11.7. The zero-order valence-electron chi connectivity index (χ0n) is 11.3. The molecular formula is C12H12BrN3O4S. The summed E-state index contributed by atoms with van der Waals surface area (Å²) in [4.78, 5) is 24.2. The summed E-state index contributed by atoms with van der Waals surface area (Å²) in [6, 6.07) is 1.94. The van der Waals surface area contributed by atoms with Gasteiger partial charge in [-0.15, -0.1) is 16.4 Å². The Bertz CT molecular complexity index is 667. The van der Waals surface area contributed by atoms with E-state index < -0.39 is 11.9 Å². The molecule has 0 aromatic carbocycles. The highest BCUT2D eigenvalue weighted by molar-refractivity contribution is 9.10. The average molecular weight is 374 g/mol. The van der Waals surface area contributed by atoms with E-state index >= 15 is 0 Å². The molecule has 112 valence electrons. The Kier molecular flexibility index (Phi) is 5.07. The number of carbonyl (C=O) groups is 2. The summed E-state index contributed by atoms with van der Waals surface area (Å²) in [5, 5.41) is 9.67. The van der Waals surface area contributed by atoms with Crippen LogP contribution in [0.1, 0.15) is 21.1 Å². The second-order valence-electron chi connectivity index (χ2n) is 4.02. The van der Waals surface area contributed by atoms with E-state index in [2.05, 4.69) is 35.7 Å². The first kappa shape index (κ1) is 15.6. The van der Waals surface area contributed by atoms with Crippen molar-refractivity contribution in [1.82, 2.24) is 15.0 Å². The summed E-state index contributed by atoms with van der Waals surface area (Å²) in [6.07, 6.45) is -0.0967. The topological polar surface area (TPSA) is 83.3 Å². The van der Waals surface area contributed by atoms with E-state index in [1.807, 2.05) is 11.4 Å². The zero-order chi connectivity index (χ0) is 15.4. The Morgan fingerprint density at radius 1 is 1.38 bits per heavy atom. The number of thiophene rings is 1. The fraction of sp³-hybridized carbons (Fsp3) is 0.333. The van der Waals surface area contributed by atoms with Crippen molar-refractivity contribution >= 4 is 39.2 Å². The van der Waals surface area contributed by atoms with Gasteiger partial charge < -0.3 is 9.47 Å². The molecule has 2 heterocycles. The quantitative estimate of drug-likeness (QED) is 0.741. The van der Waals surface area contributed by atoms with Gasteiger partial charge in [0, 0.05) is 14.7 Å². The molecule has 0 radical (unpaired) electrons. The molecule has 0 spiro atoms. The van der Waals surface area contributed by atoms with Crippen LogP contribution in [0.3, 0.4) is 0 Å². The molecule has 2 aromatic rings. The SMILES string of the molecule is COC(=O)Cc1c(C(=O)OC)nnn1Cc1cc(Br)cs1. The number of nitrogens with zero attached hydrogens (tertiary/aromatic N) is 3. The van der Waals surface area contributed by atoms with Gasteiger partial charge in [-0.2, -0.15) is 0 Å². The van der Waals surface area contributed by atoms with Crippen LogP contribution in [0.4, 0.5) is 0 Å². The zero-order valence-corrected chi connectivity index (χ0v) is 13.7. The molecule has 0 saturated carbocycles. The minimum absolute atomic E-state index is 0.0264. The number of hydrogen-bond acceptors (Lipinski definition) is 7. The number of methoxy groups -OCH3 is 2. The number of esters is 2. The normalized spacial score (nSPS) is 10.4. The smallest absolute Gasteiger partial charge is 0.360 e. The maximum Gasteiger partial charge on any atom is 0.360 e. The Morgan fingerprint density at radius 3 is 2.71 bits per heavy atom. The van der Waals surface area contributed by atoms with Crippen molar-refractivity contribution in [3.63, 3.8) is 0 Å². The molecule has 2 aromatic heterocycles. The lowest BCUT2D eigenvalue weighted by Gasteiger charge is -2.05. The summed E-state index contributed by atoms with van der Waals surface area (Å²) in [7, 11) is 2.53. The van der Waals surface area contributed by atoms with Crippen molar-refractivity contribution in [2.75, 3.05) is 14.2 Å². The molecule has 0 saturated heterocycles. The summed E-state index contributed by atoms with van der Waals surface area (Å²) in [5.41, 5.74) is 0.400. The number of hydrogen-bond donors (Lipinski definition) is 0. The molecule has 9 heteroatoms. The second-order valence-corrected chi connectivity index (χ2v) is 5.93. The second kappa shape index (κ2) is 6.81. The van der Waals surface area contributed by atoms with E-state index in [1.54, 1.807) is 0 Å². The van der Waals surface area contributed by atoms with Gasteiger partial charge in [0.05, 0.1) is 32.9 Å². The molecule has 0 amide bonds. The van der Waals surface area contributed by atoms with Crippen LogP contribution in [0.2, 0.25) is 0 Å². The molecule has 0 aliphatic carbocycles. The van der Waals surface area contributed by atoms with E-state index in [0.29, 0.717) is 12.2 Å². The van der Waals surface area contributed by atoms with Gasteiger partial charge in [-0.25, -0.2) is 9.48 Å². The van der Waals surface area contributed by atoms with Crippen LogP contribution in [0.5, 0.6) is 0 Å². The molecule has 0 aliphatic heterocycles. The lowest BCUT2D eigenvalue weighted by Crippen LogP contribution is -2.15. The number of aromatic nitrogens is 3. The van der Waals surface area contributed by atoms with Crippen LogP contribution in [-0.4, -0.2) is 41.2 Å². The van der Waals surface area contributed by atoms with Crippen LogP contribution >= 0.6 is 27.3 Å². The minimum atomic E-state index is -0.632. The van der Waals surface area contributed by atoms with Crippen molar-refractivity contribution in [1.29, 1.82) is 0 Å². The maximum atomic E-state index is 11.7. The van der Waals surface area contributed by atoms with Crippen LogP contribution in [0.25, 0.3) is 0 Å². The summed E-state index contributed by atoms with van der Waals surface area (Å²) >= 11 is 4.91. The number of halogens is 1. The molecule has 0 aliphatic rings. The van der Waals surface area contributed by atoms with E-state index in [-0.39, 0.29) is 12.1 Å². The Labute approximate surface area is 133 Å². The molecule has 0 bridgehead atoms. The molecule has 21 heavy (non-hydrogen) atoms. The predicted molar refractivity (Wildman–Crippen MR) is 78.2 cm³/mol. The number of rotatable bonds is 5. The van der Waals surface area contributed by atoms with Crippen molar-refractivity contribution in [3.05, 3.63) is 32.2 Å². The lowest BCUT2D eigenvalue weighted by atomic mass is 10.2. The Hall–Kier alpha value is -1.74. The number of carbonyl (C=O) groups excluding carboxylic acids is 2. The first-order valence-corrected chi connectivity index (χ1v) is 7.52. The largest absolute Gasteiger partial charge is 0.469 e. The van der Waals surface area contributed by atoms with E-state index in [0.717, 1.165) is 9.35 Å². The highest BCUT2D eigenvalue weighted by Crippen LogP contribution is 2.21. The predicted octanol–water partition coefficient (Wildman–Crippen LogP) is 1.65. The Morgan fingerprint density at radius 2 is 2.14 bits per heavy atom. The Balaban J connectivity index is 2.33. The molecular weight excluding hydrogens is 362 g/mol. The molecule has 0 N–H and O–H groups in total. The molecule has 0 atom stereocenters. The van der Waals surface area contributed by atoms with Crippen molar-refractivity contribution in [2.45, 2.75) is 13.0 Å². The molecule has 7 nitrogen and oxygen atoms in total. The maximum absolute atomic E-state index is 11.7. The van der Waals surface area contributed by atoms with Crippen molar-refractivity contribution in [2.24, 2.45) is 0 Å². The molecule has 0 unspecified atom stereocenters. The van der Waals surface area contributed by atoms with Gasteiger partial charge in [-0.1, -0.05) is 5.21 Å². The third-order valence-electron chi connectivity index (χ3n) is 2.68. The van der Waals surface area contributed by atoms with Gasteiger partial charge in [-0.3, -0.25) is 4.79 Å². The summed E-state index contributed by atoms with van der Waals surface area (Å²) in [6.45, 7) is 0.409. The first-order chi connectivity index (χ1) is 10.0. The third-order valence-corrected chi connectivity index (χ3v) is 4.37.